The molecule has 2 aliphatic heterocycles. The number of pyridine rings is 1. The number of amidine groups is 1. The quantitative estimate of drug-likeness (QED) is 0.581. The standard InChI is InChI=1S/C24H23ClN4O3S/c1-3-19-21(23(31)32-2)22(17-9-4-5-10-18(17)25)29-16(14-33-24(29)28-19)12-20(30)27-13-15-8-6-7-11-26-15/h4-11,14,22H,3,12-13H2,1-2H3,(H,27,30)/t22-/m0/s1. The third-order valence-corrected chi connectivity index (χ3v) is 6.60. The van der Waals surface area contributed by atoms with Crippen LogP contribution in [0.15, 0.2) is 76.0 Å². The van der Waals surface area contributed by atoms with Crippen molar-refractivity contribution in [2.24, 2.45) is 4.99 Å². The van der Waals surface area contributed by atoms with Gasteiger partial charge in [0, 0.05) is 16.9 Å². The van der Waals surface area contributed by atoms with E-state index in [0.29, 0.717) is 34.4 Å². The van der Waals surface area contributed by atoms with Crippen LogP contribution >= 0.6 is 23.4 Å². The summed E-state index contributed by atoms with van der Waals surface area (Å²) in [6, 6.07) is 12.4. The minimum Gasteiger partial charge on any atom is -0.466 e. The van der Waals surface area contributed by atoms with Gasteiger partial charge in [-0.15, -0.1) is 0 Å². The van der Waals surface area contributed by atoms with Gasteiger partial charge in [0.1, 0.15) is 0 Å². The number of methoxy groups -OCH3 is 1. The third kappa shape index (κ3) is 4.82. The molecule has 0 unspecified atom stereocenters. The molecule has 1 amide bonds. The minimum absolute atomic E-state index is 0.121. The minimum atomic E-state index is -0.543. The molecule has 0 saturated heterocycles. The van der Waals surface area contributed by atoms with Crippen LogP contribution in [-0.4, -0.2) is 34.0 Å². The number of aliphatic imine (C=N–C) groups is 1. The molecular formula is C24H23ClN4O3S. The molecular weight excluding hydrogens is 460 g/mol. The number of halogens is 1. The second kappa shape index (κ2) is 10.2. The Bertz CT molecular complexity index is 1160. The third-order valence-electron chi connectivity index (χ3n) is 5.36. The molecule has 0 saturated carbocycles. The molecule has 7 nitrogen and oxygen atoms in total. The van der Waals surface area contributed by atoms with Crippen LogP contribution in [0.2, 0.25) is 5.02 Å². The largest absolute Gasteiger partial charge is 0.466 e. The van der Waals surface area contributed by atoms with Crippen molar-refractivity contribution in [1.29, 1.82) is 0 Å². The summed E-state index contributed by atoms with van der Waals surface area (Å²) in [5, 5.41) is 6.03. The number of thioether (sulfide) groups is 1. The van der Waals surface area contributed by atoms with Crippen molar-refractivity contribution in [2.45, 2.75) is 32.4 Å². The molecule has 2 aliphatic rings. The summed E-state index contributed by atoms with van der Waals surface area (Å²) in [4.78, 5) is 36.5. The highest BCUT2D eigenvalue weighted by Gasteiger charge is 2.42. The Morgan fingerprint density at radius 2 is 2.00 bits per heavy atom. The number of carbonyl (C=O) groups is 2. The lowest BCUT2D eigenvalue weighted by atomic mass is 9.93. The fourth-order valence-electron chi connectivity index (χ4n) is 3.82. The summed E-state index contributed by atoms with van der Waals surface area (Å²) in [5.74, 6) is -0.619. The average Bonchev–Trinajstić information content (AvgIpc) is 3.24. The van der Waals surface area contributed by atoms with Crippen LogP contribution in [-0.2, 0) is 20.9 Å². The maximum absolute atomic E-state index is 12.9. The van der Waals surface area contributed by atoms with Gasteiger partial charge in [-0.3, -0.25) is 9.78 Å². The number of rotatable bonds is 7. The second-order valence-electron chi connectivity index (χ2n) is 7.40. The number of carbonyl (C=O) groups excluding carboxylic acids is 2. The highest BCUT2D eigenvalue weighted by molar-refractivity contribution is 8.16. The number of fused-ring (bicyclic) bond motifs is 1. The van der Waals surface area contributed by atoms with Gasteiger partial charge in [0.2, 0.25) is 5.91 Å². The van der Waals surface area contributed by atoms with Crippen LogP contribution in [0, 0.1) is 0 Å². The van der Waals surface area contributed by atoms with E-state index in [4.69, 9.17) is 21.3 Å². The molecule has 1 aromatic carbocycles. The summed E-state index contributed by atoms with van der Waals surface area (Å²) in [7, 11) is 1.35. The number of amides is 1. The summed E-state index contributed by atoms with van der Waals surface area (Å²) in [6.07, 6.45) is 2.37. The highest BCUT2D eigenvalue weighted by atomic mass is 35.5. The predicted molar refractivity (Wildman–Crippen MR) is 129 cm³/mol. The summed E-state index contributed by atoms with van der Waals surface area (Å²) >= 11 is 8.00. The van der Waals surface area contributed by atoms with E-state index < -0.39 is 12.0 Å². The van der Waals surface area contributed by atoms with Crippen molar-refractivity contribution in [3.8, 4) is 0 Å². The Labute approximate surface area is 201 Å². The fraction of sp³-hybridized carbons (Fsp3) is 0.250. The first-order valence-electron chi connectivity index (χ1n) is 10.5. The van der Waals surface area contributed by atoms with E-state index in [0.717, 1.165) is 17.0 Å². The summed E-state index contributed by atoms with van der Waals surface area (Å²) < 4.78 is 5.12. The zero-order valence-corrected chi connectivity index (χ0v) is 19.8. The molecule has 33 heavy (non-hydrogen) atoms. The maximum atomic E-state index is 12.9. The van der Waals surface area contributed by atoms with Crippen molar-refractivity contribution in [2.75, 3.05) is 7.11 Å². The van der Waals surface area contributed by atoms with Crippen LogP contribution < -0.4 is 5.32 Å². The molecule has 0 aliphatic carbocycles. The van der Waals surface area contributed by atoms with Crippen LogP contribution in [0.1, 0.15) is 37.1 Å². The van der Waals surface area contributed by atoms with Crippen molar-refractivity contribution in [3.63, 3.8) is 0 Å². The molecule has 2 aromatic rings. The maximum Gasteiger partial charge on any atom is 0.338 e. The van der Waals surface area contributed by atoms with Crippen molar-refractivity contribution in [1.82, 2.24) is 15.2 Å². The van der Waals surface area contributed by atoms with Crippen LogP contribution in [0.4, 0.5) is 0 Å². The molecule has 0 fully saturated rings. The second-order valence-corrected chi connectivity index (χ2v) is 8.64. The van der Waals surface area contributed by atoms with Crippen LogP contribution in [0.5, 0.6) is 0 Å². The van der Waals surface area contributed by atoms with E-state index in [1.54, 1.807) is 12.3 Å². The highest BCUT2D eigenvalue weighted by Crippen LogP contribution is 2.46. The Morgan fingerprint density at radius 1 is 1.21 bits per heavy atom. The van der Waals surface area contributed by atoms with Gasteiger partial charge >= 0.3 is 5.97 Å². The van der Waals surface area contributed by atoms with Gasteiger partial charge in [-0.05, 0) is 35.6 Å². The monoisotopic (exact) mass is 482 g/mol. The van der Waals surface area contributed by atoms with Gasteiger partial charge in [0.05, 0.1) is 43.1 Å². The van der Waals surface area contributed by atoms with Gasteiger partial charge in [-0.2, -0.15) is 0 Å². The number of hydrogen-bond donors (Lipinski definition) is 1. The lowest BCUT2D eigenvalue weighted by molar-refractivity contribution is -0.136. The summed E-state index contributed by atoms with van der Waals surface area (Å²) in [5.41, 5.74) is 3.34. The van der Waals surface area contributed by atoms with Crippen molar-refractivity contribution in [3.05, 3.63) is 87.3 Å². The topological polar surface area (TPSA) is 83.9 Å². The van der Waals surface area contributed by atoms with Crippen LogP contribution in [0.3, 0.4) is 0 Å². The number of nitrogens with zero attached hydrogens (tertiary/aromatic N) is 3. The molecule has 3 heterocycles. The molecule has 170 valence electrons. The Morgan fingerprint density at radius 3 is 2.70 bits per heavy atom. The van der Waals surface area contributed by atoms with E-state index >= 15 is 0 Å². The molecule has 1 N–H and O–H groups in total. The molecule has 9 heteroatoms. The lowest BCUT2D eigenvalue weighted by Gasteiger charge is -2.36. The van der Waals surface area contributed by atoms with Gasteiger partial charge in [-0.1, -0.05) is 54.6 Å². The van der Waals surface area contributed by atoms with E-state index in [1.165, 1.54) is 18.9 Å². The number of allylic oxidation sites excluding steroid dienone is 1. The van der Waals surface area contributed by atoms with E-state index in [1.807, 2.05) is 53.6 Å². The van der Waals surface area contributed by atoms with Crippen LogP contribution in [0.25, 0.3) is 0 Å². The Balaban J connectivity index is 1.65. The van der Waals surface area contributed by atoms with Gasteiger partial charge in [-0.25, -0.2) is 9.79 Å². The predicted octanol–water partition coefficient (Wildman–Crippen LogP) is 4.58. The van der Waals surface area contributed by atoms with Crippen molar-refractivity contribution < 1.29 is 14.3 Å². The van der Waals surface area contributed by atoms with Gasteiger partial charge in [0.25, 0.3) is 0 Å². The zero-order chi connectivity index (χ0) is 23.4. The zero-order valence-electron chi connectivity index (χ0n) is 18.2. The first-order chi connectivity index (χ1) is 16.0. The number of hydrogen-bond acceptors (Lipinski definition) is 7. The number of ether oxygens (including phenoxy) is 1. The molecule has 0 radical (unpaired) electrons. The number of esters is 1. The Hall–Kier alpha value is -3.10. The molecule has 0 spiro atoms. The fourth-order valence-corrected chi connectivity index (χ4v) is 5.00. The van der Waals surface area contributed by atoms with E-state index in [9.17, 15) is 9.59 Å². The van der Waals surface area contributed by atoms with Crippen molar-refractivity contribution >= 4 is 40.4 Å². The van der Waals surface area contributed by atoms with Gasteiger partial charge in [0.15, 0.2) is 5.17 Å². The van der Waals surface area contributed by atoms with E-state index in [2.05, 4.69) is 10.3 Å². The summed E-state index contributed by atoms with van der Waals surface area (Å²) in [6.45, 7) is 2.28. The molecule has 0 bridgehead atoms. The average molecular weight is 483 g/mol. The molecule has 1 aromatic heterocycles. The number of aromatic nitrogens is 1. The first-order valence-corrected chi connectivity index (χ1v) is 11.7. The molecule has 4 rings (SSSR count). The van der Waals surface area contributed by atoms with E-state index in [-0.39, 0.29) is 12.3 Å². The number of benzene rings is 1. The van der Waals surface area contributed by atoms with Gasteiger partial charge < -0.3 is 15.0 Å². The lowest BCUT2D eigenvalue weighted by Crippen LogP contribution is -2.38. The first kappa shape index (κ1) is 23.1. The molecule has 1 atom stereocenters. The smallest absolute Gasteiger partial charge is 0.338 e. The SMILES string of the molecule is CCC1=C(C(=O)OC)[C@H](c2ccccc2Cl)N2C(CC(=O)NCc3ccccn3)=CSC2=N1. The number of nitrogens with one attached hydrogen (secondary N) is 1. The Kier molecular flexibility index (Phi) is 7.15. The normalized spacial score (nSPS) is 17.3.